The van der Waals surface area contributed by atoms with E-state index >= 15 is 0 Å². The summed E-state index contributed by atoms with van der Waals surface area (Å²) in [5, 5.41) is 2.40. The van der Waals surface area contributed by atoms with Crippen LogP contribution in [0.5, 0.6) is 0 Å². The number of carbonyl (C=O) groups excluding carboxylic acids is 1. The molecule has 0 radical (unpaired) electrons. The van der Waals surface area contributed by atoms with E-state index in [9.17, 15) is 26.0 Å². The van der Waals surface area contributed by atoms with Gasteiger partial charge in [0.2, 0.25) is 20.0 Å². The molecule has 1 fully saturated rings. The molecular weight excluding hydrogens is 469 g/mol. The van der Waals surface area contributed by atoms with Gasteiger partial charge in [-0.2, -0.15) is 4.31 Å². The molecule has 0 spiro atoms. The molecule has 2 aromatic carbocycles. The predicted molar refractivity (Wildman–Crippen MR) is 115 cm³/mol. The lowest BCUT2D eigenvalue weighted by Crippen LogP contribution is -2.28. The quantitative estimate of drug-likeness (QED) is 0.621. The molecule has 2 aromatic rings. The van der Waals surface area contributed by atoms with E-state index in [1.54, 1.807) is 6.92 Å². The average molecular weight is 490 g/mol. The van der Waals surface area contributed by atoms with Gasteiger partial charge < -0.3 is 5.32 Å². The molecule has 1 saturated heterocycles. The van der Waals surface area contributed by atoms with Crippen molar-refractivity contribution in [2.24, 2.45) is 0 Å². The van der Waals surface area contributed by atoms with Crippen LogP contribution in [0.2, 0.25) is 5.02 Å². The lowest BCUT2D eigenvalue weighted by atomic mass is 10.2. The Morgan fingerprint density at radius 1 is 1.10 bits per heavy atom. The fourth-order valence-electron chi connectivity index (χ4n) is 3.16. The summed E-state index contributed by atoms with van der Waals surface area (Å²) in [6.07, 6.45) is 1.50. The molecule has 1 heterocycles. The summed E-state index contributed by atoms with van der Waals surface area (Å²) in [5.74, 6) is -1.86. The second-order valence-electron chi connectivity index (χ2n) is 6.85. The van der Waals surface area contributed by atoms with Crippen LogP contribution in [0.4, 0.5) is 10.1 Å². The number of rotatable bonds is 7. The van der Waals surface area contributed by atoms with Crippen LogP contribution >= 0.6 is 11.6 Å². The van der Waals surface area contributed by atoms with Gasteiger partial charge in [0.25, 0.3) is 5.91 Å². The minimum absolute atomic E-state index is 0.00481. The molecule has 1 aliphatic heterocycles. The zero-order valence-corrected chi connectivity index (χ0v) is 18.9. The molecule has 1 amide bonds. The number of anilines is 1. The van der Waals surface area contributed by atoms with Crippen LogP contribution in [-0.4, -0.2) is 46.7 Å². The Morgan fingerprint density at radius 2 is 1.77 bits per heavy atom. The third-order valence-corrected chi connectivity index (χ3v) is 8.62. The van der Waals surface area contributed by atoms with E-state index in [4.69, 9.17) is 11.6 Å². The Balaban J connectivity index is 1.91. The average Bonchev–Trinajstić information content (AvgIpc) is 3.25. The molecular formula is C19H21ClFN3O5S2. The molecule has 1 aliphatic rings. The molecule has 31 heavy (non-hydrogen) atoms. The van der Waals surface area contributed by atoms with Gasteiger partial charge in [-0.25, -0.2) is 25.9 Å². The molecule has 2 N–H and O–H groups in total. The van der Waals surface area contributed by atoms with E-state index in [1.807, 2.05) is 0 Å². The molecule has 0 unspecified atom stereocenters. The van der Waals surface area contributed by atoms with Crippen molar-refractivity contribution in [3.8, 4) is 0 Å². The first-order valence-electron chi connectivity index (χ1n) is 9.46. The maximum absolute atomic E-state index is 14.2. The maximum atomic E-state index is 14.2. The van der Waals surface area contributed by atoms with Crippen molar-refractivity contribution in [2.45, 2.75) is 29.6 Å². The molecule has 12 heteroatoms. The topological polar surface area (TPSA) is 113 Å². The molecule has 0 atom stereocenters. The first kappa shape index (κ1) is 23.6. The molecule has 0 aliphatic carbocycles. The smallest absolute Gasteiger partial charge is 0.258 e. The van der Waals surface area contributed by atoms with E-state index in [0.29, 0.717) is 13.1 Å². The van der Waals surface area contributed by atoms with E-state index in [1.165, 1.54) is 22.5 Å². The Hall–Kier alpha value is -2.05. The van der Waals surface area contributed by atoms with Gasteiger partial charge in [0, 0.05) is 25.3 Å². The van der Waals surface area contributed by atoms with Gasteiger partial charge in [-0.3, -0.25) is 4.79 Å². The summed E-state index contributed by atoms with van der Waals surface area (Å²) in [5.41, 5.74) is -0.426. The molecule has 0 bridgehead atoms. The summed E-state index contributed by atoms with van der Waals surface area (Å²) in [4.78, 5) is 12.2. The first-order valence-corrected chi connectivity index (χ1v) is 12.8. The van der Waals surface area contributed by atoms with E-state index in [0.717, 1.165) is 31.0 Å². The van der Waals surface area contributed by atoms with Gasteiger partial charge in [-0.05, 0) is 49.2 Å². The minimum Gasteiger partial charge on any atom is -0.322 e. The highest BCUT2D eigenvalue weighted by Gasteiger charge is 2.29. The van der Waals surface area contributed by atoms with Gasteiger partial charge in [0.15, 0.2) is 0 Å². The standard InChI is InChI=1S/C19H21ClFN3O5S2/c1-2-22-30(26,27)14-6-8-17(21)15(12-14)19(25)23-13-5-7-16(20)18(11-13)31(28,29)24-9-3-4-10-24/h5-8,11-12,22H,2-4,9-10H2,1H3,(H,23,25). The monoisotopic (exact) mass is 489 g/mol. The van der Waals surface area contributed by atoms with Gasteiger partial charge in [0.05, 0.1) is 15.5 Å². The van der Waals surface area contributed by atoms with E-state index in [-0.39, 0.29) is 27.0 Å². The number of carbonyl (C=O) groups is 1. The highest BCUT2D eigenvalue weighted by atomic mass is 35.5. The van der Waals surface area contributed by atoms with Crippen molar-refractivity contribution in [1.29, 1.82) is 0 Å². The Bertz CT molecular complexity index is 1210. The number of hydrogen-bond donors (Lipinski definition) is 2. The molecule has 0 aromatic heterocycles. The SMILES string of the molecule is CCNS(=O)(=O)c1ccc(F)c(C(=O)Nc2ccc(Cl)c(S(=O)(=O)N3CCCC3)c2)c1. The second-order valence-corrected chi connectivity index (χ2v) is 10.9. The minimum atomic E-state index is -3.90. The number of nitrogens with one attached hydrogen (secondary N) is 2. The summed E-state index contributed by atoms with van der Waals surface area (Å²) < 4.78 is 67.8. The number of hydrogen-bond acceptors (Lipinski definition) is 5. The number of benzene rings is 2. The van der Waals surface area contributed by atoms with Crippen LogP contribution in [-0.2, 0) is 20.0 Å². The van der Waals surface area contributed by atoms with Crippen LogP contribution in [0.25, 0.3) is 0 Å². The van der Waals surface area contributed by atoms with E-state index < -0.39 is 37.3 Å². The van der Waals surface area contributed by atoms with Crippen LogP contribution in [0.3, 0.4) is 0 Å². The molecule has 168 valence electrons. The van der Waals surface area contributed by atoms with E-state index in [2.05, 4.69) is 10.0 Å². The number of sulfonamides is 2. The number of nitrogens with zero attached hydrogens (tertiary/aromatic N) is 1. The van der Waals surface area contributed by atoms with Crippen molar-refractivity contribution in [3.05, 3.63) is 52.8 Å². The van der Waals surface area contributed by atoms with Crippen LogP contribution in [0, 0.1) is 5.82 Å². The fraction of sp³-hybridized carbons (Fsp3) is 0.316. The lowest BCUT2D eigenvalue weighted by Gasteiger charge is -2.17. The third-order valence-electron chi connectivity index (χ3n) is 4.70. The summed E-state index contributed by atoms with van der Waals surface area (Å²) >= 11 is 6.09. The second kappa shape index (κ2) is 9.21. The summed E-state index contributed by atoms with van der Waals surface area (Å²) in [6, 6.07) is 6.74. The van der Waals surface area contributed by atoms with Crippen LogP contribution in [0.1, 0.15) is 30.1 Å². The summed E-state index contributed by atoms with van der Waals surface area (Å²) in [7, 11) is -7.74. The zero-order valence-electron chi connectivity index (χ0n) is 16.6. The molecule has 0 saturated carbocycles. The highest BCUT2D eigenvalue weighted by molar-refractivity contribution is 7.89. The largest absolute Gasteiger partial charge is 0.322 e. The van der Waals surface area contributed by atoms with Crippen molar-refractivity contribution >= 4 is 43.2 Å². The van der Waals surface area contributed by atoms with Crippen molar-refractivity contribution < 1.29 is 26.0 Å². The van der Waals surface area contributed by atoms with Gasteiger partial charge in [-0.1, -0.05) is 18.5 Å². The van der Waals surface area contributed by atoms with Gasteiger partial charge >= 0.3 is 0 Å². The Morgan fingerprint density at radius 3 is 2.42 bits per heavy atom. The van der Waals surface area contributed by atoms with Crippen LogP contribution in [0.15, 0.2) is 46.2 Å². The zero-order chi connectivity index (χ0) is 22.8. The number of amides is 1. The van der Waals surface area contributed by atoms with Gasteiger partial charge in [-0.15, -0.1) is 0 Å². The van der Waals surface area contributed by atoms with Crippen molar-refractivity contribution in [3.63, 3.8) is 0 Å². The first-order chi connectivity index (χ1) is 14.6. The summed E-state index contributed by atoms with van der Waals surface area (Å²) in [6.45, 7) is 2.48. The van der Waals surface area contributed by atoms with Gasteiger partial charge in [0.1, 0.15) is 10.7 Å². The Kier molecular flexibility index (Phi) is 7.01. The lowest BCUT2D eigenvalue weighted by molar-refractivity contribution is 0.102. The van der Waals surface area contributed by atoms with Crippen LogP contribution < -0.4 is 10.0 Å². The normalized spacial score (nSPS) is 15.2. The number of halogens is 2. The van der Waals surface area contributed by atoms with Crippen molar-refractivity contribution in [2.75, 3.05) is 25.0 Å². The third kappa shape index (κ3) is 5.07. The predicted octanol–water partition coefficient (Wildman–Crippen LogP) is 2.81. The Labute approximate surface area is 185 Å². The molecule has 3 rings (SSSR count). The molecule has 8 nitrogen and oxygen atoms in total. The van der Waals surface area contributed by atoms with Crippen molar-refractivity contribution in [1.82, 2.24) is 9.03 Å². The highest BCUT2D eigenvalue weighted by Crippen LogP contribution is 2.30. The fourth-order valence-corrected chi connectivity index (χ4v) is 6.25. The maximum Gasteiger partial charge on any atom is 0.258 e.